The molecule has 4 heterocycles. The number of rotatable bonds is 7. The zero-order valence-corrected chi connectivity index (χ0v) is 42.5. The molecule has 0 unspecified atom stereocenters. The molecule has 0 fully saturated rings. The zero-order valence-electron chi connectivity index (χ0n) is 40.2. The van der Waals surface area contributed by atoms with Gasteiger partial charge >= 0.3 is 332 Å². The van der Waals surface area contributed by atoms with Gasteiger partial charge in [0.15, 0.2) is 0 Å². The van der Waals surface area contributed by atoms with E-state index in [2.05, 4.69) is 255 Å². The van der Waals surface area contributed by atoms with Gasteiger partial charge in [0.05, 0.1) is 0 Å². The van der Waals surface area contributed by atoms with E-state index in [1.165, 1.54) is 5.56 Å². The average molecular weight is 1110 g/mol. The fourth-order valence-electron chi connectivity index (χ4n) is 10.6. The Bertz CT molecular complexity index is 4310. The molecule has 0 amide bonds. The summed E-state index contributed by atoms with van der Waals surface area (Å²) < 4.78 is 21.9. The number of hydrogen-bond donors (Lipinski definition) is 0. The Hall–Kier alpha value is -8.31. The molecule has 6 nitrogen and oxygen atoms in total. The first kappa shape index (κ1) is 43.7. The van der Waals surface area contributed by atoms with Crippen LogP contribution in [-0.2, 0) is 24.8 Å². The van der Waals surface area contributed by atoms with Crippen LogP contribution in [0.5, 0.6) is 11.5 Å². The fourth-order valence-corrected chi connectivity index (χ4v) is 11.6. The molecule has 9 aromatic carbocycles. The van der Waals surface area contributed by atoms with Crippen LogP contribution in [0.25, 0.3) is 105 Å². The minimum atomic E-state index is 0.0857. The predicted molar refractivity (Wildman–Crippen MR) is 292 cm³/mol. The SMILES string of the molecule is Cc1cc(-n2c3ccccc3c3ccc(Oc4ccc5oc6ccccc6c6cccc7c6n([c](=[Pt])n7-c6c(-c7ccccc7)cccc6-c6ccccc6)c5c4)cc32)ncc1-c1ccc(C(C)(C)C)cc1. The number of pyridine rings is 1. The van der Waals surface area contributed by atoms with Gasteiger partial charge in [0.2, 0.25) is 0 Å². The third-order valence-corrected chi connectivity index (χ3v) is 15.1. The summed E-state index contributed by atoms with van der Waals surface area (Å²) in [4.78, 5) is 5.14. The van der Waals surface area contributed by atoms with Crippen molar-refractivity contribution in [1.82, 2.24) is 18.5 Å². The van der Waals surface area contributed by atoms with Crippen LogP contribution in [0.3, 0.4) is 0 Å². The maximum atomic E-state index is 6.97. The van der Waals surface area contributed by atoms with Crippen molar-refractivity contribution in [3.05, 3.63) is 233 Å². The van der Waals surface area contributed by atoms with Crippen molar-refractivity contribution in [2.45, 2.75) is 33.1 Å². The van der Waals surface area contributed by atoms with Gasteiger partial charge in [-0.25, -0.2) is 0 Å². The normalized spacial score (nSPS) is 12.0. The molecule has 13 rings (SSSR count). The van der Waals surface area contributed by atoms with E-state index in [0.29, 0.717) is 11.5 Å². The van der Waals surface area contributed by atoms with Gasteiger partial charge in [-0.05, 0) is 29.0 Å². The standard InChI is InChI=1S/C65H48N4O2.Pt/c1-42-37-62(66-40-55(42)45-29-31-46(32-30-45)65(2,3)4)69-56-26-13-11-21-51(56)52-35-33-47(38-58(52)69)70-48-34-36-61-59(39-48)68-41-67(57-27-16-25-54(64(57)68)53-22-12-14-28-60(53)71-61)63-49(43-17-7-5-8-18-43)23-15-24-50(63)44-19-9-6-10-20-44;/h5-40H,1-4H3;. The smallest absolute Gasteiger partial charge is 0.0579 e. The second-order valence-electron chi connectivity index (χ2n) is 19.6. The van der Waals surface area contributed by atoms with Crippen LogP contribution < -0.4 is 4.74 Å². The molecule has 7 heteroatoms. The fraction of sp³-hybridized carbons (Fsp3) is 0.0769. The van der Waals surface area contributed by atoms with Gasteiger partial charge in [-0.15, -0.1) is 0 Å². The zero-order chi connectivity index (χ0) is 48.7. The van der Waals surface area contributed by atoms with Gasteiger partial charge in [-0.3, -0.25) is 0 Å². The summed E-state index contributed by atoms with van der Waals surface area (Å²) in [6.07, 6.45) is 2.01. The Morgan fingerprint density at radius 3 is 1.76 bits per heavy atom. The van der Waals surface area contributed by atoms with Crippen LogP contribution in [0.15, 0.2) is 223 Å². The number of hydrogen-bond acceptors (Lipinski definition) is 3. The molecule has 4 aromatic heterocycles. The third kappa shape index (κ3) is 7.28. The van der Waals surface area contributed by atoms with Gasteiger partial charge in [0.25, 0.3) is 0 Å². The first-order valence-corrected chi connectivity index (χ1v) is 25.5. The second kappa shape index (κ2) is 17.2. The molecule has 0 atom stereocenters. The molecular weight excluding hydrogens is 1060 g/mol. The number of aromatic nitrogens is 4. The van der Waals surface area contributed by atoms with Gasteiger partial charge in [0.1, 0.15) is 0 Å². The monoisotopic (exact) mass is 1110 g/mol. The maximum absolute atomic E-state index is 6.97. The second-order valence-corrected chi connectivity index (χ2v) is 20.6. The molecule has 0 radical (unpaired) electrons. The molecule has 0 spiro atoms. The summed E-state index contributed by atoms with van der Waals surface area (Å²) in [7, 11) is 0. The number of aryl methyl sites for hydroxylation is 1. The van der Waals surface area contributed by atoms with Crippen LogP contribution >= 0.6 is 0 Å². The van der Waals surface area contributed by atoms with Crippen molar-refractivity contribution in [2.75, 3.05) is 0 Å². The Balaban J connectivity index is 1.00. The van der Waals surface area contributed by atoms with E-state index in [1.54, 1.807) is 0 Å². The Morgan fingerprint density at radius 1 is 0.472 bits per heavy atom. The van der Waals surface area contributed by atoms with E-state index >= 15 is 0 Å². The molecule has 0 bridgehead atoms. The van der Waals surface area contributed by atoms with E-state index in [1.807, 2.05) is 24.4 Å². The summed E-state index contributed by atoms with van der Waals surface area (Å²) in [5, 5.41) is 4.38. The topological polar surface area (TPSA) is 49.5 Å². The molecule has 0 saturated heterocycles. The molecule has 0 aliphatic heterocycles. The summed E-state index contributed by atoms with van der Waals surface area (Å²) in [5.74, 6) is 2.25. The summed E-state index contributed by atoms with van der Waals surface area (Å²) >= 11 is 2.51. The number of imidazole rings is 1. The quantitative estimate of drug-likeness (QED) is 0.160. The number of para-hydroxylation sites is 4. The van der Waals surface area contributed by atoms with E-state index in [-0.39, 0.29) is 5.41 Å². The molecule has 72 heavy (non-hydrogen) atoms. The number of nitrogens with zero attached hydrogens (tertiary/aromatic N) is 4. The van der Waals surface area contributed by atoms with E-state index in [0.717, 1.165) is 115 Å². The van der Waals surface area contributed by atoms with Crippen molar-refractivity contribution in [1.29, 1.82) is 0 Å². The molecule has 13 aromatic rings. The molecule has 0 aliphatic carbocycles. The summed E-state index contributed by atoms with van der Waals surface area (Å²) in [5.41, 5.74) is 17.1. The van der Waals surface area contributed by atoms with Gasteiger partial charge < -0.3 is 0 Å². The third-order valence-electron chi connectivity index (χ3n) is 14.1. The molecular formula is C65H48N4O2Pt. The number of benzene rings is 9. The van der Waals surface area contributed by atoms with E-state index in [9.17, 15) is 0 Å². The van der Waals surface area contributed by atoms with Crippen molar-refractivity contribution < 1.29 is 28.5 Å². The summed E-state index contributed by atoms with van der Waals surface area (Å²) in [6.45, 7) is 8.92. The number of ether oxygens (including phenoxy) is 1. The predicted octanol–water partition coefficient (Wildman–Crippen LogP) is 17.3. The first-order valence-electron chi connectivity index (χ1n) is 24.3. The van der Waals surface area contributed by atoms with Crippen molar-refractivity contribution in [3.63, 3.8) is 0 Å². The average Bonchev–Trinajstić information content (AvgIpc) is 3.89. The van der Waals surface area contributed by atoms with E-state index in [4.69, 9.17) is 14.1 Å². The Morgan fingerprint density at radius 2 is 1.06 bits per heavy atom. The van der Waals surface area contributed by atoms with E-state index < -0.39 is 0 Å². The molecule has 350 valence electrons. The first-order chi connectivity index (χ1) is 35.2. The van der Waals surface area contributed by atoms with Gasteiger partial charge in [-0.1, -0.05) is 57.2 Å². The Labute approximate surface area is 427 Å². The molecule has 0 N–H and O–H groups in total. The Kier molecular flexibility index (Phi) is 10.5. The number of fused-ring (bicyclic) bond motifs is 7. The summed E-state index contributed by atoms with van der Waals surface area (Å²) in [6, 6.07) is 75.1. The van der Waals surface area contributed by atoms with Crippen LogP contribution in [0.4, 0.5) is 0 Å². The van der Waals surface area contributed by atoms with Crippen molar-refractivity contribution >= 4 is 60.3 Å². The van der Waals surface area contributed by atoms with Crippen LogP contribution in [0, 0.1) is 10.7 Å². The van der Waals surface area contributed by atoms with Crippen LogP contribution in [0.1, 0.15) is 31.9 Å². The minimum absolute atomic E-state index is 0.0857. The van der Waals surface area contributed by atoms with Crippen molar-refractivity contribution in [2.24, 2.45) is 0 Å². The van der Waals surface area contributed by atoms with Crippen LogP contribution in [-0.4, -0.2) is 18.5 Å². The van der Waals surface area contributed by atoms with Crippen LogP contribution in [0.2, 0.25) is 0 Å². The minimum Gasteiger partial charge on any atom is -0.0579 e. The van der Waals surface area contributed by atoms with Gasteiger partial charge in [-0.2, -0.15) is 0 Å². The molecule has 0 saturated carbocycles. The van der Waals surface area contributed by atoms with Crippen molar-refractivity contribution in [3.8, 4) is 56.4 Å². The molecule has 0 aliphatic rings. The van der Waals surface area contributed by atoms with Gasteiger partial charge in [0, 0.05) is 11.8 Å².